The molecule has 0 radical (unpaired) electrons. The quantitative estimate of drug-likeness (QED) is 0.148. The molecular formula is C36H22N2O4S2. The van der Waals surface area contributed by atoms with Crippen molar-refractivity contribution in [3.63, 3.8) is 0 Å². The first kappa shape index (κ1) is 27.4. The Morgan fingerprint density at radius 1 is 0.500 bits per heavy atom. The lowest BCUT2D eigenvalue weighted by atomic mass is 10.0. The molecule has 0 saturated heterocycles. The van der Waals surface area contributed by atoms with Gasteiger partial charge in [-0.1, -0.05) is 84.9 Å². The van der Waals surface area contributed by atoms with Gasteiger partial charge in [0.05, 0.1) is 0 Å². The van der Waals surface area contributed by atoms with E-state index < -0.39 is 11.9 Å². The second-order valence-electron chi connectivity index (χ2n) is 9.76. The summed E-state index contributed by atoms with van der Waals surface area (Å²) < 4.78 is 10.7. The Bertz CT molecular complexity index is 1990. The topological polar surface area (TPSA) is 77.3 Å². The van der Waals surface area contributed by atoms with Crippen molar-refractivity contribution in [1.82, 2.24) is 0 Å². The van der Waals surface area contributed by atoms with E-state index in [1.54, 1.807) is 34.8 Å². The fourth-order valence-electron chi connectivity index (χ4n) is 4.89. The van der Waals surface area contributed by atoms with Crippen LogP contribution in [0.5, 0.6) is 0 Å². The van der Waals surface area contributed by atoms with Crippen LogP contribution in [-0.4, -0.2) is 23.7 Å². The first-order valence-electron chi connectivity index (χ1n) is 13.7. The maximum absolute atomic E-state index is 12.0. The number of esters is 2. The number of carbonyl (C=O) groups excluding carboxylic acids is 2. The van der Waals surface area contributed by atoms with Gasteiger partial charge in [0.2, 0.25) is 11.8 Å². The summed E-state index contributed by atoms with van der Waals surface area (Å²) in [7, 11) is 0. The van der Waals surface area contributed by atoms with Gasteiger partial charge in [0.1, 0.15) is 0 Å². The molecule has 4 heterocycles. The first-order valence-corrected chi connectivity index (χ1v) is 15.5. The maximum atomic E-state index is 12.0. The molecule has 8 rings (SSSR count). The van der Waals surface area contributed by atoms with Gasteiger partial charge in [-0.3, -0.25) is 0 Å². The molecular weight excluding hydrogens is 589 g/mol. The number of aliphatic imine (C=N–C) groups is 2. The Kier molecular flexibility index (Phi) is 7.50. The molecule has 2 aliphatic heterocycles. The summed E-state index contributed by atoms with van der Waals surface area (Å²) in [6, 6.07) is 35.5. The summed E-state index contributed by atoms with van der Waals surface area (Å²) in [5.41, 5.74) is 2.35. The number of hydrogen-bond acceptors (Lipinski definition) is 8. The number of cyclic esters (lactones) is 2. The number of thiophene rings is 2. The zero-order valence-electron chi connectivity index (χ0n) is 23.0. The maximum Gasteiger partial charge on any atom is 0.363 e. The molecule has 0 N–H and O–H groups in total. The Labute approximate surface area is 260 Å². The molecule has 4 aromatic carbocycles. The van der Waals surface area contributed by atoms with Crippen LogP contribution >= 0.6 is 22.7 Å². The van der Waals surface area contributed by atoms with Gasteiger partial charge in [-0.2, -0.15) is 0 Å². The average Bonchev–Trinajstić information content (AvgIpc) is 3.88. The van der Waals surface area contributed by atoms with Gasteiger partial charge >= 0.3 is 11.9 Å². The average molecular weight is 611 g/mol. The molecule has 2 aromatic heterocycles. The molecule has 44 heavy (non-hydrogen) atoms. The van der Waals surface area contributed by atoms with Gasteiger partial charge in [-0.05, 0) is 68.7 Å². The minimum atomic E-state index is -0.406. The van der Waals surface area contributed by atoms with Crippen LogP contribution in [0.15, 0.2) is 141 Å². The van der Waals surface area contributed by atoms with Crippen molar-refractivity contribution < 1.29 is 19.1 Å². The highest BCUT2D eigenvalue weighted by atomic mass is 32.1. The molecule has 0 atom stereocenters. The second kappa shape index (κ2) is 12.0. The van der Waals surface area contributed by atoms with E-state index in [4.69, 9.17) is 9.47 Å². The molecule has 0 spiro atoms. The number of carbonyl (C=O) groups is 2. The van der Waals surface area contributed by atoms with Gasteiger partial charge in [-0.25, -0.2) is 19.6 Å². The van der Waals surface area contributed by atoms with E-state index in [9.17, 15) is 9.59 Å². The van der Waals surface area contributed by atoms with Crippen molar-refractivity contribution in [2.45, 2.75) is 0 Å². The number of ether oxygens (including phenoxy) is 2. The lowest BCUT2D eigenvalue weighted by molar-refractivity contribution is -0.130. The molecule has 0 amide bonds. The van der Waals surface area contributed by atoms with E-state index >= 15 is 0 Å². The molecule has 0 aliphatic carbocycles. The van der Waals surface area contributed by atoms with Crippen molar-refractivity contribution in [3.05, 3.63) is 152 Å². The third-order valence-electron chi connectivity index (χ3n) is 6.93. The third-order valence-corrected chi connectivity index (χ3v) is 8.56. The second-order valence-corrected chi connectivity index (χ2v) is 11.7. The summed E-state index contributed by atoms with van der Waals surface area (Å²) in [6.45, 7) is 0. The van der Waals surface area contributed by atoms with Crippen molar-refractivity contribution in [2.24, 2.45) is 9.98 Å². The van der Waals surface area contributed by atoms with Crippen LogP contribution in [0.2, 0.25) is 0 Å². The lowest BCUT2D eigenvalue weighted by Crippen LogP contribution is -2.05. The molecule has 212 valence electrons. The van der Waals surface area contributed by atoms with E-state index in [1.165, 1.54) is 0 Å². The van der Waals surface area contributed by atoms with E-state index in [2.05, 4.69) is 9.98 Å². The lowest BCUT2D eigenvalue weighted by Gasteiger charge is -2.04. The van der Waals surface area contributed by atoms with Crippen LogP contribution in [0.4, 0.5) is 0 Å². The van der Waals surface area contributed by atoms with Crippen molar-refractivity contribution >= 4 is 80.1 Å². The first-order chi connectivity index (χ1) is 21.6. The molecule has 8 heteroatoms. The third kappa shape index (κ3) is 5.64. The number of benzene rings is 4. The SMILES string of the molecule is O=C1OC(c2cccc3ccccc23)=N/C1=C\c1cccs1.O=C1OC(c2cccc3ccccc23)=N/C1=C\c1cccs1. The molecule has 0 bridgehead atoms. The van der Waals surface area contributed by atoms with Crippen LogP contribution in [0, 0.1) is 0 Å². The minimum Gasteiger partial charge on any atom is -0.402 e. The highest BCUT2D eigenvalue weighted by Crippen LogP contribution is 2.27. The van der Waals surface area contributed by atoms with Crippen LogP contribution in [-0.2, 0) is 19.1 Å². The molecule has 2 aliphatic rings. The van der Waals surface area contributed by atoms with Crippen LogP contribution in [0.3, 0.4) is 0 Å². The molecule has 0 saturated carbocycles. The van der Waals surface area contributed by atoms with Gasteiger partial charge < -0.3 is 9.47 Å². The number of hydrogen-bond donors (Lipinski definition) is 0. The molecule has 6 nitrogen and oxygen atoms in total. The van der Waals surface area contributed by atoms with E-state index in [1.807, 2.05) is 120 Å². The van der Waals surface area contributed by atoms with Crippen LogP contribution in [0.25, 0.3) is 33.7 Å². The molecule has 0 unspecified atom stereocenters. The number of nitrogens with zero attached hydrogens (tertiary/aromatic N) is 2. The smallest absolute Gasteiger partial charge is 0.363 e. The van der Waals surface area contributed by atoms with Crippen LogP contribution in [0.1, 0.15) is 20.9 Å². The predicted molar refractivity (Wildman–Crippen MR) is 178 cm³/mol. The predicted octanol–water partition coefficient (Wildman–Crippen LogP) is 8.49. The number of fused-ring (bicyclic) bond motifs is 2. The summed E-state index contributed by atoms with van der Waals surface area (Å²) in [6.07, 6.45) is 3.51. The zero-order valence-corrected chi connectivity index (χ0v) is 24.7. The van der Waals surface area contributed by atoms with Gasteiger partial charge in [0, 0.05) is 20.9 Å². The zero-order chi connectivity index (χ0) is 29.9. The highest BCUT2D eigenvalue weighted by molar-refractivity contribution is 7.11. The Morgan fingerprint density at radius 2 is 0.932 bits per heavy atom. The fraction of sp³-hybridized carbons (Fsp3) is 0. The normalized spacial score (nSPS) is 16.1. The largest absolute Gasteiger partial charge is 0.402 e. The van der Waals surface area contributed by atoms with Gasteiger partial charge in [-0.15, -0.1) is 22.7 Å². The molecule has 6 aromatic rings. The van der Waals surface area contributed by atoms with E-state index in [0.29, 0.717) is 23.2 Å². The summed E-state index contributed by atoms with van der Waals surface area (Å²) >= 11 is 3.12. The monoisotopic (exact) mass is 610 g/mol. The number of rotatable bonds is 4. The van der Waals surface area contributed by atoms with E-state index in [0.717, 1.165) is 42.4 Å². The highest BCUT2D eigenvalue weighted by Gasteiger charge is 2.26. The summed E-state index contributed by atoms with van der Waals surface area (Å²) in [5, 5.41) is 8.15. The van der Waals surface area contributed by atoms with Crippen molar-refractivity contribution in [2.75, 3.05) is 0 Å². The summed E-state index contributed by atoms with van der Waals surface area (Å²) in [5.74, 6) is -0.0816. The Balaban J connectivity index is 0.000000142. The Hall–Kier alpha value is -5.44. The van der Waals surface area contributed by atoms with Crippen molar-refractivity contribution in [3.8, 4) is 0 Å². The molecule has 0 fully saturated rings. The minimum absolute atomic E-state index is 0.338. The van der Waals surface area contributed by atoms with Crippen LogP contribution < -0.4 is 0 Å². The van der Waals surface area contributed by atoms with E-state index in [-0.39, 0.29) is 0 Å². The van der Waals surface area contributed by atoms with Gasteiger partial charge in [0.25, 0.3) is 0 Å². The van der Waals surface area contributed by atoms with Crippen molar-refractivity contribution in [1.29, 1.82) is 0 Å². The Morgan fingerprint density at radius 3 is 1.36 bits per heavy atom. The summed E-state index contributed by atoms with van der Waals surface area (Å²) in [4.78, 5) is 34.8. The van der Waals surface area contributed by atoms with Gasteiger partial charge in [0.15, 0.2) is 11.4 Å². The standard InChI is InChI=1S/2C18H11NO2S/c2*20-18-16(11-13-7-4-10-22-13)19-17(21-18)15-9-3-6-12-5-1-2-8-14(12)15/h2*1-11H/b2*16-11-. The fourth-order valence-corrected chi connectivity index (χ4v) is 6.19.